The lowest BCUT2D eigenvalue weighted by molar-refractivity contribution is 0.0600. The fourth-order valence-corrected chi connectivity index (χ4v) is 0.985. The molecule has 0 bridgehead atoms. The number of carbonyl (C=O) groups excluding carboxylic acids is 1. The lowest BCUT2D eigenvalue weighted by atomic mass is 10.1. The van der Waals surface area contributed by atoms with Gasteiger partial charge in [0.15, 0.2) is 0 Å². The Labute approximate surface area is 84.9 Å². The summed E-state index contributed by atoms with van der Waals surface area (Å²) >= 11 is 0. The van der Waals surface area contributed by atoms with Crippen LogP contribution in [0.2, 0.25) is 0 Å². The molecule has 3 heteroatoms. The van der Waals surface area contributed by atoms with Crippen LogP contribution in [0.5, 0.6) is 0 Å². The SMILES string of the molecule is CC.COC(=O)c1cccc(N)c1C. The molecule has 0 spiro atoms. The minimum Gasteiger partial charge on any atom is -0.465 e. The highest BCUT2D eigenvalue weighted by Gasteiger charge is 2.09. The lowest BCUT2D eigenvalue weighted by Gasteiger charge is -2.05. The maximum Gasteiger partial charge on any atom is 0.338 e. The predicted octanol–water partition coefficient (Wildman–Crippen LogP) is 2.39. The fourth-order valence-electron chi connectivity index (χ4n) is 0.985. The highest BCUT2D eigenvalue weighted by molar-refractivity contribution is 5.92. The van der Waals surface area contributed by atoms with E-state index in [2.05, 4.69) is 4.74 Å². The van der Waals surface area contributed by atoms with Gasteiger partial charge in [-0.2, -0.15) is 0 Å². The first-order valence-corrected chi connectivity index (χ1v) is 4.60. The van der Waals surface area contributed by atoms with E-state index in [0.717, 1.165) is 5.56 Å². The van der Waals surface area contributed by atoms with Crippen LogP contribution in [-0.2, 0) is 4.74 Å². The van der Waals surface area contributed by atoms with E-state index >= 15 is 0 Å². The average molecular weight is 195 g/mol. The molecule has 1 rings (SSSR count). The van der Waals surface area contributed by atoms with E-state index in [0.29, 0.717) is 11.3 Å². The summed E-state index contributed by atoms with van der Waals surface area (Å²) in [5.74, 6) is -0.347. The number of hydrogen-bond acceptors (Lipinski definition) is 3. The third-order valence-electron chi connectivity index (χ3n) is 1.78. The summed E-state index contributed by atoms with van der Waals surface area (Å²) in [5.41, 5.74) is 7.51. The fraction of sp³-hybridized carbons (Fsp3) is 0.364. The van der Waals surface area contributed by atoms with Crippen LogP contribution >= 0.6 is 0 Å². The van der Waals surface area contributed by atoms with Gasteiger partial charge in [0.1, 0.15) is 0 Å². The van der Waals surface area contributed by atoms with Gasteiger partial charge in [-0.1, -0.05) is 19.9 Å². The number of benzene rings is 1. The minimum atomic E-state index is -0.347. The molecule has 0 amide bonds. The van der Waals surface area contributed by atoms with Crippen LogP contribution in [-0.4, -0.2) is 13.1 Å². The van der Waals surface area contributed by atoms with Crippen LogP contribution in [0.4, 0.5) is 5.69 Å². The van der Waals surface area contributed by atoms with E-state index in [1.807, 2.05) is 13.8 Å². The molecule has 1 aromatic rings. The summed E-state index contributed by atoms with van der Waals surface area (Å²) in [5, 5.41) is 0. The molecule has 0 fully saturated rings. The van der Waals surface area contributed by atoms with Crippen molar-refractivity contribution < 1.29 is 9.53 Å². The number of anilines is 1. The van der Waals surface area contributed by atoms with Gasteiger partial charge in [-0.25, -0.2) is 4.79 Å². The highest BCUT2D eigenvalue weighted by Crippen LogP contribution is 2.15. The maximum absolute atomic E-state index is 11.1. The maximum atomic E-state index is 11.1. The first-order chi connectivity index (χ1) is 6.66. The zero-order chi connectivity index (χ0) is 11.1. The molecule has 0 aliphatic heterocycles. The van der Waals surface area contributed by atoms with Crippen molar-refractivity contribution in [2.75, 3.05) is 12.8 Å². The van der Waals surface area contributed by atoms with Crippen molar-refractivity contribution in [3.8, 4) is 0 Å². The van der Waals surface area contributed by atoms with Crippen LogP contribution < -0.4 is 5.73 Å². The molecule has 1 aromatic carbocycles. The number of esters is 1. The molecule has 0 aliphatic rings. The molecule has 3 nitrogen and oxygen atoms in total. The second-order valence-electron chi connectivity index (χ2n) is 2.51. The zero-order valence-corrected chi connectivity index (χ0v) is 9.13. The van der Waals surface area contributed by atoms with E-state index in [-0.39, 0.29) is 5.97 Å². The smallest absolute Gasteiger partial charge is 0.338 e. The molecule has 78 valence electrons. The van der Waals surface area contributed by atoms with Crippen molar-refractivity contribution in [2.24, 2.45) is 0 Å². The minimum absolute atomic E-state index is 0.347. The summed E-state index contributed by atoms with van der Waals surface area (Å²) in [7, 11) is 1.35. The van der Waals surface area contributed by atoms with Crippen molar-refractivity contribution >= 4 is 11.7 Å². The van der Waals surface area contributed by atoms with Gasteiger partial charge in [0.05, 0.1) is 12.7 Å². The molecule has 0 radical (unpaired) electrons. The predicted molar refractivity (Wildman–Crippen MR) is 58.3 cm³/mol. The normalized spacial score (nSPS) is 8.57. The van der Waals surface area contributed by atoms with E-state index in [1.165, 1.54) is 7.11 Å². The molecule has 0 saturated carbocycles. The largest absolute Gasteiger partial charge is 0.465 e. The van der Waals surface area contributed by atoms with Gasteiger partial charge in [-0.05, 0) is 24.6 Å². The Morgan fingerprint density at radius 2 is 1.93 bits per heavy atom. The zero-order valence-electron chi connectivity index (χ0n) is 9.13. The second-order valence-corrected chi connectivity index (χ2v) is 2.51. The molecule has 0 aliphatic carbocycles. The number of carbonyl (C=O) groups is 1. The van der Waals surface area contributed by atoms with Gasteiger partial charge in [0.2, 0.25) is 0 Å². The van der Waals surface area contributed by atoms with Crippen LogP contribution in [0.3, 0.4) is 0 Å². The second kappa shape index (κ2) is 6.02. The number of nitrogens with two attached hydrogens (primary N) is 1. The first kappa shape index (κ1) is 12.5. The Morgan fingerprint density at radius 3 is 2.43 bits per heavy atom. The molecular formula is C11H17NO2. The van der Waals surface area contributed by atoms with Gasteiger partial charge < -0.3 is 10.5 Å². The molecule has 14 heavy (non-hydrogen) atoms. The van der Waals surface area contributed by atoms with Crippen molar-refractivity contribution in [3.63, 3.8) is 0 Å². The Bertz CT molecular complexity index is 308. The third kappa shape index (κ3) is 2.76. The topological polar surface area (TPSA) is 52.3 Å². The monoisotopic (exact) mass is 195 g/mol. The van der Waals surface area contributed by atoms with Crippen molar-refractivity contribution in [1.29, 1.82) is 0 Å². The molecule has 0 atom stereocenters. The molecule has 0 unspecified atom stereocenters. The van der Waals surface area contributed by atoms with E-state index in [4.69, 9.17) is 5.73 Å². The number of methoxy groups -OCH3 is 1. The quantitative estimate of drug-likeness (QED) is 0.553. The van der Waals surface area contributed by atoms with Crippen LogP contribution in [0.15, 0.2) is 18.2 Å². The number of ether oxygens (including phenoxy) is 1. The molecule has 0 saturated heterocycles. The standard InChI is InChI=1S/C9H11NO2.C2H6/c1-6-7(9(11)12-2)4-3-5-8(6)10;1-2/h3-5H,10H2,1-2H3;1-2H3. The van der Waals surface area contributed by atoms with Gasteiger partial charge >= 0.3 is 5.97 Å². The molecule has 2 N–H and O–H groups in total. The lowest BCUT2D eigenvalue weighted by Crippen LogP contribution is -2.05. The van der Waals surface area contributed by atoms with Gasteiger partial charge in [-0.15, -0.1) is 0 Å². The summed E-state index contributed by atoms with van der Waals surface area (Å²) in [6, 6.07) is 5.17. The summed E-state index contributed by atoms with van der Waals surface area (Å²) in [6.45, 7) is 5.79. The highest BCUT2D eigenvalue weighted by atomic mass is 16.5. The Hall–Kier alpha value is -1.51. The van der Waals surface area contributed by atoms with E-state index < -0.39 is 0 Å². The van der Waals surface area contributed by atoms with Gasteiger partial charge in [-0.3, -0.25) is 0 Å². The third-order valence-corrected chi connectivity index (χ3v) is 1.78. The van der Waals surface area contributed by atoms with Gasteiger partial charge in [0.25, 0.3) is 0 Å². The summed E-state index contributed by atoms with van der Waals surface area (Å²) < 4.78 is 4.58. The molecule has 0 aromatic heterocycles. The van der Waals surface area contributed by atoms with E-state index in [1.54, 1.807) is 25.1 Å². The summed E-state index contributed by atoms with van der Waals surface area (Å²) in [4.78, 5) is 11.1. The van der Waals surface area contributed by atoms with Crippen molar-refractivity contribution in [2.45, 2.75) is 20.8 Å². The molecular weight excluding hydrogens is 178 g/mol. The Kier molecular flexibility index (Phi) is 5.37. The van der Waals surface area contributed by atoms with E-state index in [9.17, 15) is 4.79 Å². The van der Waals surface area contributed by atoms with Crippen LogP contribution in [0, 0.1) is 6.92 Å². The van der Waals surface area contributed by atoms with Crippen molar-refractivity contribution in [3.05, 3.63) is 29.3 Å². The number of hydrogen-bond donors (Lipinski definition) is 1. The number of rotatable bonds is 1. The Morgan fingerprint density at radius 1 is 1.36 bits per heavy atom. The average Bonchev–Trinajstić information content (AvgIpc) is 2.24. The number of nitrogen functional groups attached to an aromatic ring is 1. The summed E-state index contributed by atoms with van der Waals surface area (Å²) in [6.07, 6.45) is 0. The van der Waals surface area contributed by atoms with Crippen LogP contribution in [0.25, 0.3) is 0 Å². The first-order valence-electron chi connectivity index (χ1n) is 4.60. The van der Waals surface area contributed by atoms with Crippen LogP contribution in [0.1, 0.15) is 29.8 Å². The Balaban J connectivity index is 0.000000791. The van der Waals surface area contributed by atoms with Crippen molar-refractivity contribution in [1.82, 2.24) is 0 Å². The molecule has 0 heterocycles. The van der Waals surface area contributed by atoms with Gasteiger partial charge in [0, 0.05) is 5.69 Å².